The molecule has 0 fully saturated rings. The molecule has 156 valence electrons. The molecule has 0 heterocycles. The predicted octanol–water partition coefficient (Wildman–Crippen LogP) is 4.28. The van der Waals surface area contributed by atoms with Crippen molar-refractivity contribution >= 4 is 31.7 Å². The lowest BCUT2D eigenvalue weighted by Crippen LogP contribution is -2.50. The van der Waals surface area contributed by atoms with Crippen molar-refractivity contribution in [1.82, 2.24) is 0 Å². The minimum atomic E-state index is -2.02. The maximum atomic E-state index is 12.1. The average Bonchev–Trinajstić information content (AvgIpc) is 2.75. The summed E-state index contributed by atoms with van der Waals surface area (Å²) in [6, 6.07) is 0. The third-order valence-electron chi connectivity index (χ3n) is 5.12. The SMILES string of the molecule is COC(=O)C(CCC(C)CCC1(O[Si](C)(C)C)C=C(Cl)C(=O)C1O)C(C)C. The van der Waals surface area contributed by atoms with E-state index in [4.69, 9.17) is 20.8 Å². The number of ketones is 1. The summed E-state index contributed by atoms with van der Waals surface area (Å²) in [5.41, 5.74) is -1.04. The highest BCUT2D eigenvalue weighted by Crippen LogP contribution is 2.39. The highest BCUT2D eigenvalue weighted by Gasteiger charge is 2.49. The zero-order valence-corrected chi connectivity index (χ0v) is 19.4. The number of Topliss-reactive ketones (excluding diaryl/α,β-unsaturated/α-hetero) is 1. The Bertz CT molecular complexity index is 569. The Balaban J connectivity index is 2.76. The number of aliphatic hydroxyl groups is 1. The topological polar surface area (TPSA) is 72.8 Å². The highest BCUT2D eigenvalue weighted by molar-refractivity contribution is 6.70. The van der Waals surface area contributed by atoms with Gasteiger partial charge in [0.25, 0.3) is 0 Å². The summed E-state index contributed by atoms with van der Waals surface area (Å²) >= 11 is 6.01. The molecule has 0 spiro atoms. The van der Waals surface area contributed by atoms with Crippen molar-refractivity contribution < 1.29 is 23.9 Å². The van der Waals surface area contributed by atoms with Crippen LogP contribution in [-0.4, -0.2) is 44.0 Å². The Hall–Kier alpha value is -0.693. The molecular formula is C20H35ClO5Si. The van der Waals surface area contributed by atoms with Gasteiger partial charge in [0.15, 0.2) is 8.32 Å². The van der Waals surface area contributed by atoms with Crippen molar-refractivity contribution in [3.8, 4) is 0 Å². The molecule has 0 saturated heterocycles. The van der Waals surface area contributed by atoms with E-state index < -0.39 is 25.8 Å². The van der Waals surface area contributed by atoms with E-state index in [0.29, 0.717) is 12.3 Å². The van der Waals surface area contributed by atoms with Crippen LogP contribution in [-0.2, 0) is 18.8 Å². The van der Waals surface area contributed by atoms with Crippen molar-refractivity contribution in [1.29, 1.82) is 0 Å². The van der Waals surface area contributed by atoms with Gasteiger partial charge in [-0.1, -0.05) is 32.4 Å². The van der Waals surface area contributed by atoms with Crippen molar-refractivity contribution in [2.75, 3.05) is 7.11 Å². The molecule has 27 heavy (non-hydrogen) atoms. The number of ether oxygens (including phenoxy) is 1. The molecular weight excluding hydrogens is 384 g/mol. The van der Waals surface area contributed by atoms with Gasteiger partial charge < -0.3 is 14.3 Å². The standard InChI is InChI=1S/C20H35ClO5Si/c1-13(2)15(19(24)25-4)9-8-14(3)10-11-20(26-27(5,6)7)12-16(21)17(22)18(20)23/h12-15,18,23H,8-11H2,1-7H3. The van der Waals surface area contributed by atoms with Gasteiger partial charge in [-0.05, 0) is 63.2 Å². The fraction of sp³-hybridized carbons (Fsp3) is 0.800. The number of methoxy groups -OCH3 is 1. The zero-order valence-electron chi connectivity index (χ0n) is 17.7. The molecule has 5 nitrogen and oxygen atoms in total. The maximum Gasteiger partial charge on any atom is 0.308 e. The second kappa shape index (κ2) is 9.68. The predicted molar refractivity (Wildman–Crippen MR) is 110 cm³/mol. The second-order valence-corrected chi connectivity index (χ2v) is 13.9. The van der Waals surface area contributed by atoms with E-state index in [2.05, 4.69) is 6.92 Å². The Morgan fingerprint density at radius 1 is 1.26 bits per heavy atom. The van der Waals surface area contributed by atoms with Crippen LogP contribution in [0.3, 0.4) is 0 Å². The van der Waals surface area contributed by atoms with Crippen LogP contribution < -0.4 is 0 Å². The Morgan fingerprint density at radius 3 is 2.26 bits per heavy atom. The molecule has 0 aromatic heterocycles. The normalized spacial score (nSPS) is 25.5. The Labute approximate surface area is 169 Å². The van der Waals surface area contributed by atoms with Crippen LogP contribution in [0.5, 0.6) is 0 Å². The van der Waals surface area contributed by atoms with E-state index in [-0.39, 0.29) is 22.8 Å². The molecule has 7 heteroatoms. The summed E-state index contributed by atoms with van der Waals surface area (Å²) in [5.74, 6) is -0.205. The van der Waals surface area contributed by atoms with E-state index >= 15 is 0 Å². The van der Waals surface area contributed by atoms with Crippen LogP contribution in [0.25, 0.3) is 0 Å². The van der Waals surface area contributed by atoms with E-state index in [1.807, 2.05) is 33.5 Å². The van der Waals surface area contributed by atoms with Gasteiger partial charge in [-0.2, -0.15) is 0 Å². The quantitative estimate of drug-likeness (QED) is 0.423. The minimum absolute atomic E-state index is 0.0546. The molecule has 0 saturated carbocycles. The fourth-order valence-electron chi connectivity index (χ4n) is 3.59. The molecule has 1 aliphatic carbocycles. The molecule has 1 N–H and O–H groups in total. The van der Waals surface area contributed by atoms with Crippen LogP contribution in [0, 0.1) is 17.8 Å². The van der Waals surface area contributed by atoms with Crippen LogP contribution in [0.4, 0.5) is 0 Å². The molecule has 4 unspecified atom stereocenters. The van der Waals surface area contributed by atoms with Gasteiger partial charge in [0.1, 0.15) is 11.7 Å². The van der Waals surface area contributed by atoms with Crippen molar-refractivity contribution in [2.24, 2.45) is 17.8 Å². The summed E-state index contributed by atoms with van der Waals surface area (Å²) in [7, 11) is -0.592. The van der Waals surface area contributed by atoms with Gasteiger partial charge in [0.2, 0.25) is 5.78 Å². The third-order valence-corrected chi connectivity index (χ3v) is 6.41. The third kappa shape index (κ3) is 6.70. The summed E-state index contributed by atoms with van der Waals surface area (Å²) in [6.45, 7) is 12.2. The van der Waals surface area contributed by atoms with Crippen LogP contribution in [0.2, 0.25) is 19.6 Å². The summed E-state index contributed by atoms with van der Waals surface area (Å²) < 4.78 is 11.2. The van der Waals surface area contributed by atoms with Gasteiger partial charge in [-0.3, -0.25) is 9.59 Å². The van der Waals surface area contributed by atoms with E-state index in [1.165, 1.54) is 7.11 Å². The second-order valence-electron chi connectivity index (χ2n) is 9.02. The Morgan fingerprint density at radius 2 is 1.85 bits per heavy atom. The first kappa shape index (κ1) is 24.3. The molecule has 0 aromatic rings. The van der Waals surface area contributed by atoms with Gasteiger partial charge in [-0.15, -0.1) is 0 Å². The van der Waals surface area contributed by atoms with Gasteiger partial charge in [-0.25, -0.2) is 0 Å². The zero-order chi connectivity index (χ0) is 21.0. The Kier molecular flexibility index (Phi) is 8.73. The molecule has 0 radical (unpaired) electrons. The number of rotatable bonds is 10. The van der Waals surface area contributed by atoms with Crippen LogP contribution in [0.15, 0.2) is 11.1 Å². The number of halogens is 1. The summed E-state index contributed by atoms with van der Waals surface area (Å²) in [4.78, 5) is 24.0. The largest absolute Gasteiger partial charge is 0.469 e. The number of hydrogen-bond acceptors (Lipinski definition) is 5. The van der Waals surface area contributed by atoms with Crippen LogP contribution in [0.1, 0.15) is 46.5 Å². The number of hydrogen-bond donors (Lipinski definition) is 1. The van der Waals surface area contributed by atoms with E-state index in [1.54, 1.807) is 6.08 Å². The lowest BCUT2D eigenvalue weighted by molar-refractivity contribution is -0.147. The molecule has 0 aromatic carbocycles. The number of aliphatic hydroxyl groups excluding tert-OH is 1. The van der Waals surface area contributed by atoms with Gasteiger partial charge >= 0.3 is 5.97 Å². The number of carbonyl (C=O) groups excluding carboxylic acids is 2. The molecule has 1 rings (SSSR count). The number of carbonyl (C=O) groups is 2. The molecule has 0 amide bonds. The smallest absolute Gasteiger partial charge is 0.308 e. The molecule has 4 atom stereocenters. The van der Waals surface area contributed by atoms with Crippen molar-refractivity contribution in [3.63, 3.8) is 0 Å². The monoisotopic (exact) mass is 418 g/mol. The summed E-state index contributed by atoms with van der Waals surface area (Å²) in [6.07, 6.45) is 3.25. The molecule has 1 aliphatic rings. The van der Waals surface area contributed by atoms with E-state index in [0.717, 1.165) is 19.3 Å². The molecule has 0 aliphatic heterocycles. The van der Waals surface area contributed by atoms with E-state index in [9.17, 15) is 14.7 Å². The summed E-state index contributed by atoms with van der Waals surface area (Å²) in [5, 5.41) is 10.6. The highest BCUT2D eigenvalue weighted by atomic mass is 35.5. The first-order valence-electron chi connectivity index (χ1n) is 9.71. The average molecular weight is 419 g/mol. The first-order valence-corrected chi connectivity index (χ1v) is 13.5. The maximum absolute atomic E-state index is 12.1. The van der Waals surface area contributed by atoms with Crippen LogP contribution >= 0.6 is 11.6 Å². The fourth-order valence-corrected chi connectivity index (χ4v) is 5.29. The molecule has 0 bridgehead atoms. The van der Waals surface area contributed by atoms with Gasteiger partial charge in [0.05, 0.1) is 18.1 Å². The number of esters is 1. The van der Waals surface area contributed by atoms with Crippen molar-refractivity contribution in [3.05, 3.63) is 11.1 Å². The minimum Gasteiger partial charge on any atom is -0.469 e. The lowest BCUT2D eigenvalue weighted by atomic mass is 9.85. The first-order chi connectivity index (χ1) is 12.3. The van der Waals surface area contributed by atoms with Gasteiger partial charge in [0, 0.05) is 0 Å². The lowest BCUT2D eigenvalue weighted by Gasteiger charge is -2.37. The van der Waals surface area contributed by atoms with Crippen molar-refractivity contribution in [2.45, 2.75) is 77.8 Å².